The van der Waals surface area contributed by atoms with E-state index >= 15 is 0 Å². The van der Waals surface area contributed by atoms with Crippen LogP contribution in [0, 0.1) is 21.8 Å². The summed E-state index contributed by atoms with van der Waals surface area (Å²) >= 11 is 0. The summed E-state index contributed by atoms with van der Waals surface area (Å²) in [7, 11) is 1.60. The number of carbonyl (C=O) groups excluding carboxylic acids is 2. The number of nitro groups is 1. The fourth-order valence-electron chi connectivity index (χ4n) is 3.69. The van der Waals surface area contributed by atoms with Gasteiger partial charge >= 0.3 is 11.7 Å². The maximum atomic E-state index is 13.6. The SMILES string of the molecule is COc1ccc2cc(COC(=O)C3CC(=O)N(c4ccc(F)c([N+](=O)[O-])c4)C3)ccc2c1. The van der Waals surface area contributed by atoms with Crippen LogP contribution in [-0.2, 0) is 20.9 Å². The van der Waals surface area contributed by atoms with Crippen molar-refractivity contribution in [2.24, 2.45) is 5.92 Å². The molecule has 3 aromatic rings. The van der Waals surface area contributed by atoms with Crippen molar-refractivity contribution in [3.05, 3.63) is 76.1 Å². The lowest BCUT2D eigenvalue weighted by molar-refractivity contribution is -0.387. The summed E-state index contributed by atoms with van der Waals surface area (Å²) in [5, 5.41) is 12.9. The van der Waals surface area contributed by atoms with Gasteiger partial charge in [-0.2, -0.15) is 4.39 Å². The number of methoxy groups -OCH3 is 1. The van der Waals surface area contributed by atoms with E-state index in [1.54, 1.807) is 7.11 Å². The first kappa shape index (κ1) is 21.2. The second-order valence-electron chi connectivity index (χ2n) is 7.45. The maximum absolute atomic E-state index is 13.6. The molecule has 164 valence electrons. The lowest BCUT2D eigenvalue weighted by Crippen LogP contribution is -2.26. The lowest BCUT2D eigenvalue weighted by Gasteiger charge is -2.16. The molecule has 1 unspecified atom stereocenters. The van der Waals surface area contributed by atoms with Gasteiger partial charge in [-0.1, -0.05) is 18.2 Å². The largest absolute Gasteiger partial charge is 0.497 e. The van der Waals surface area contributed by atoms with Crippen LogP contribution >= 0.6 is 0 Å². The van der Waals surface area contributed by atoms with Crippen LogP contribution < -0.4 is 9.64 Å². The second kappa shape index (κ2) is 8.62. The minimum absolute atomic E-state index is 0.0119. The Labute approximate surface area is 182 Å². The fourth-order valence-corrected chi connectivity index (χ4v) is 3.69. The van der Waals surface area contributed by atoms with E-state index in [9.17, 15) is 24.1 Å². The molecule has 0 aliphatic carbocycles. The molecule has 8 nitrogen and oxygen atoms in total. The average Bonchev–Trinajstić information content (AvgIpc) is 3.18. The summed E-state index contributed by atoms with van der Waals surface area (Å²) in [6.45, 7) is 0.0610. The van der Waals surface area contributed by atoms with Crippen molar-refractivity contribution in [1.29, 1.82) is 0 Å². The van der Waals surface area contributed by atoms with Gasteiger partial charge in [0.25, 0.3) is 0 Å². The minimum Gasteiger partial charge on any atom is -0.497 e. The Balaban J connectivity index is 1.41. The van der Waals surface area contributed by atoms with Gasteiger partial charge in [-0.3, -0.25) is 19.7 Å². The molecule has 1 heterocycles. The van der Waals surface area contributed by atoms with Crippen molar-refractivity contribution in [1.82, 2.24) is 0 Å². The van der Waals surface area contributed by atoms with Gasteiger partial charge in [0.05, 0.1) is 23.6 Å². The van der Waals surface area contributed by atoms with Crippen LogP contribution in [0.5, 0.6) is 5.75 Å². The zero-order valence-corrected chi connectivity index (χ0v) is 17.1. The van der Waals surface area contributed by atoms with Crippen LogP contribution in [0.25, 0.3) is 10.8 Å². The van der Waals surface area contributed by atoms with E-state index in [-0.39, 0.29) is 31.2 Å². The third-order valence-electron chi connectivity index (χ3n) is 5.39. The van der Waals surface area contributed by atoms with E-state index in [4.69, 9.17) is 9.47 Å². The molecule has 0 saturated carbocycles. The number of benzene rings is 3. The van der Waals surface area contributed by atoms with Gasteiger partial charge in [0.2, 0.25) is 11.7 Å². The number of nitro benzene ring substituents is 1. The molecule has 1 fully saturated rings. The summed E-state index contributed by atoms with van der Waals surface area (Å²) in [5.74, 6) is -1.87. The monoisotopic (exact) mass is 438 g/mol. The Morgan fingerprint density at radius 3 is 2.66 bits per heavy atom. The normalized spacial score (nSPS) is 15.8. The quantitative estimate of drug-likeness (QED) is 0.328. The van der Waals surface area contributed by atoms with Gasteiger partial charge < -0.3 is 14.4 Å². The molecule has 0 N–H and O–H groups in total. The number of esters is 1. The topological polar surface area (TPSA) is 99.0 Å². The molecule has 0 bridgehead atoms. The highest BCUT2D eigenvalue weighted by Crippen LogP contribution is 2.30. The van der Waals surface area contributed by atoms with E-state index in [0.29, 0.717) is 0 Å². The maximum Gasteiger partial charge on any atom is 0.311 e. The van der Waals surface area contributed by atoms with Crippen LogP contribution in [0.2, 0.25) is 0 Å². The van der Waals surface area contributed by atoms with E-state index in [0.717, 1.165) is 34.2 Å². The number of ether oxygens (including phenoxy) is 2. The highest BCUT2D eigenvalue weighted by atomic mass is 19.1. The van der Waals surface area contributed by atoms with Crippen LogP contribution in [0.3, 0.4) is 0 Å². The zero-order valence-electron chi connectivity index (χ0n) is 17.1. The van der Waals surface area contributed by atoms with Crippen LogP contribution in [0.4, 0.5) is 15.8 Å². The summed E-state index contributed by atoms with van der Waals surface area (Å²) in [5.41, 5.74) is 0.241. The van der Waals surface area contributed by atoms with Gasteiger partial charge in [-0.25, -0.2) is 0 Å². The third kappa shape index (κ3) is 4.22. The highest BCUT2D eigenvalue weighted by Gasteiger charge is 2.37. The average molecular weight is 438 g/mol. The fraction of sp³-hybridized carbons (Fsp3) is 0.217. The van der Waals surface area contributed by atoms with E-state index in [2.05, 4.69) is 0 Å². The first-order valence-electron chi connectivity index (χ1n) is 9.83. The highest BCUT2D eigenvalue weighted by molar-refractivity contribution is 5.99. The molecule has 0 radical (unpaired) electrons. The Morgan fingerprint density at radius 1 is 1.16 bits per heavy atom. The number of nitrogens with zero attached hydrogens (tertiary/aromatic N) is 2. The van der Waals surface area contributed by atoms with Crippen molar-refractivity contribution in [3.63, 3.8) is 0 Å². The van der Waals surface area contributed by atoms with Crippen molar-refractivity contribution in [2.45, 2.75) is 13.0 Å². The minimum atomic E-state index is -0.991. The molecule has 3 aromatic carbocycles. The smallest absolute Gasteiger partial charge is 0.311 e. The van der Waals surface area contributed by atoms with Crippen LogP contribution in [0.1, 0.15) is 12.0 Å². The lowest BCUT2D eigenvalue weighted by atomic mass is 10.1. The molecule has 0 spiro atoms. The molecule has 4 rings (SSSR count). The molecule has 1 aliphatic rings. The first-order valence-corrected chi connectivity index (χ1v) is 9.83. The van der Waals surface area contributed by atoms with E-state index < -0.39 is 28.3 Å². The Kier molecular flexibility index (Phi) is 5.72. The number of halogens is 1. The number of amides is 1. The molecule has 9 heteroatoms. The number of rotatable bonds is 6. The number of hydrogen-bond acceptors (Lipinski definition) is 6. The molecule has 1 aliphatic heterocycles. The first-order chi connectivity index (χ1) is 15.4. The summed E-state index contributed by atoms with van der Waals surface area (Å²) < 4.78 is 24.2. The standard InChI is InChI=1S/C23H19FN2O6/c1-31-19-6-4-15-8-14(2-3-16(15)9-19)13-32-23(28)17-10-22(27)25(12-17)18-5-7-20(24)21(11-18)26(29)30/h2-9,11,17H,10,12-13H2,1H3. The molecular weight excluding hydrogens is 419 g/mol. The molecule has 0 aromatic heterocycles. The second-order valence-corrected chi connectivity index (χ2v) is 7.45. The molecule has 1 amide bonds. The number of carbonyl (C=O) groups is 2. The summed E-state index contributed by atoms with van der Waals surface area (Å²) in [6, 6.07) is 14.5. The Morgan fingerprint density at radius 2 is 1.91 bits per heavy atom. The predicted molar refractivity (Wildman–Crippen MR) is 114 cm³/mol. The van der Waals surface area contributed by atoms with Crippen molar-refractivity contribution >= 4 is 34.0 Å². The predicted octanol–water partition coefficient (Wildman–Crippen LogP) is 3.99. The van der Waals surface area contributed by atoms with Gasteiger partial charge in [-0.15, -0.1) is 0 Å². The van der Waals surface area contributed by atoms with Crippen molar-refractivity contribution in [3.8, 4) is 5.75 Å². The van der Waals surface area contributed by atoms with Crippen LogP contribution in [0.15, 0.2) is 54.6 Å². The van der Waals surface area contributed by atoms with Gasteiger partial charge in [0, 0.05) is 19.0 Å². The van der Waals surface area contributed by atoms with Gasteiger partial charge in [0.15, 0.2) is 0 Å². The Hall–Kier alpha value is -4.01. The van der Waals surface area contributed by atoms with Gasteiger partial charge in [0.1, 0.15) is 12.4 Å². The number of anilines is 1. The molecular formula is C23H19FN2O6. The van der Waals surface area contributed by atoms with E-state index in [1.165, 1.54) is 11.0 Å². The number of fused-ring (bicyclic) bond motifs is 1. The van der Waals surface area contributed by atoms with Gasteiger partial charge in [-0.05, 0) is 46.7 Å². The molecule has 1 saturated heterocycles. The van der Waals surface area contributed by atoms with Crippen molar-refractivity contribution < 1.29 is 28.4 Å². The van der Waals surface area contributed by atoms with E-state index in [1.807, 2.05) is 36.4 Å². The summed E-state index contributed by atoms with van der Waals surface area (Å²) in [4.78, 5) is 36.2. The van der Waals surface area contributed by atoms with Crippen LogP contribution in [-0.4, -0.2) is 30.5 Å². The number of hydrogen-bond donors (Lipinski definition) is 0. The summed E-state index contributed by atoms with van der Waals surface area (Å²) in [6.07, 6.45) is -0.0818. The third-order valence-corrected chi connectivity index (χ3v) is 5.39. The zero-order chi connectivity index (χ0) is 22.8. The molecule has 32 heavy (non-hydrogen) atoms. The van der Waals surface area contributed by atoms with Crippen molar-refractivity contribution in [2.75, 3.05) is 18.6 Å². The molecule has 1 atom stereocenters. The Bertz CT molecular complexity index is 1230.